The third-order valence-corrected chi connectivity index (χ3v) is 6.74. The maximum Gasteiger partial charge on any atom is 0.269 e. The van der Waals surface area contributed by atoms with Crippen molar-refractivity contribution in [3.63, 3.8) is 0 Å². The molecule has 0 spiro atoms. The van der Waals surface area contributed by atoms with E-state index in [0.717, 1.165) is 17.5 Å². The fraction of sp³-hybridized carbons (Fsp3) is 0.176. The van der Waals surface area contributed by atoms with Crippen LogP contribution in [0.5, 0.6) is 5.75 Å². The number of nitrogens with one attached hydrogen (secondary N) is 4. The zero-order valence-electron chi connectivity index (χ0n) is 24.3. The molecule has 0 saturated heterocycles. The van der Waals surface area contributed by atoms with Gasteiger partial charge < -0.3 is 10.1 Å². The minimum atomic E-state index is -0.471. The Hall–Kier alpha value is -5.02. The summed E-state index contributed by atoms with van der Waals surface area (Å²) in [6.07, 6.45) is 0.745. The van der Waals surface area contributed by atoms with Crippen molar-refractivity contribution in [1.29, 1.82) is 0 Å². The van der Waals surface area contributed by atoms with Gasteiger partial charge in [0.05, 0.1) is 6.61 Å². The summed E-state index contributed by atoms with van der Waals surface area (Å²) in [5, 5.41) is 5.29. The number of thiocarbonyl (C=S) groups is 1. The van der Waals surface area contributed by atoms with E-state index in [9.17, 15) is 14.4 Å². The number of hydrogen-bond acceptors (Lipinski definition) is 5. The van der Waals surface area contributed by atoms with Crippen molar-refractivity contribution in [3.8, 4) is 5.75 Å². The van der Waals surface area contributed by atoms with Gasteiger partial charge in [0, 0.05) is 28.8 Å². The van der Waals surface area contributed by atoms with Gasteiger partial charge in [-0.3, -0.25) is 30.6 Å². The lowest BCUT2D eigenvalue weighted by molar-refractivity contribution is 0.0934. The van der Waals surface area contributed by atoms with Crippen molar-refractivity contribution < 1.29 is 19.1 Å². The van der Waals surface area contributed by atoms with Crippen LogP contribution in [0.4, 0.5) is 5.69 Å². The van der Waals surface area contributed by atoms with Crippen LogP contribution in [0.3, 0.4) is 0 Å². The molecule has 9 heteroatoms. The first-order chi connectivity index (χ1) is 20.6. The van der Waals surface area contributed by atoms with Crippen LogP contribution in [0.15, 0.2) is 103 Å². The zero-order valence-corrected chi connectivity index (χ0v) is 25.1. The summed E-state index contributed by atoms with van der Waals surface area (Å²) in [6.45, 7) is 6.82. The molecule has 4 aromatic carbocycles. The number of amides is 3. The van der Waals surface area contributed by atoms with Crippen LogP contribution in [0, 0.1) is 0 Å². The smallest absolute Gasteiger partial charge is 0.269 e. The van der Waals surface area contributed by atoms with Crippen LogP contribution in [-0.4, -0.2) is 29.4 Å². The molecular formula is C34H34N4O4S. The summed E-state index contributed by atoms with van der Waals surface area (Å²) < 4.78 is 5.79. The largest absolute Gasteiger partial charge is 0.493 e. The van der Waals surface area contributed by atoms with Gasteiger partial charge in [-0.1, -0.05) is 69.3 Å². The summed E-state index contributed by atoms with van der Waals surface area (Å²) in [5.41, 5.74) is 9.06. The highest BCUT2D eigenvalue weighted by molar-refractivity contribution is 7.80. The lowest BCUT2D eigenvalue weighted by Gasteiger charge is -2.19. The number of carbonyl (C=O) groups is 3. The van der Waals surface area contributed by atoms with E-state index in [2.05, 4.69) is 42.3 Å². The van der Waals surface area contributed by atoms with Crippen LogP contribution >= 0.6 is 12.2 Å². The molecule has 0 aliphatic heterocycles. The lowest BCUT2D eigenvalue weighted by Crippen LogP contribution is -2.48. The molecule has 4 aromatic rings. The van der Waals surface area contributed by atoms with E-state index in [1.807, 2.05) is 42.5 Å². The van der Waals surface area contributed by atoms with Crippen LogP contribution < -0.4 is 26.2 Å². The van der Waals surface area contributed by atoms with Gasteiger partial charge >= 0.3 is 0 Å². The molecule has 220 valence electrons. The van der Waals surface area contributed by atoms with Crippen molar-refractivity contribution in [2.24, 2.45) is 0 Å². The summed E-state index contributed by atoms with van der Waals surface area (Å²) >= 11 is 5.16. The number of anilines is 1. The van der Waals surface area contributed by atoms with Crippen LogP contribution in [0.1, 0.15) is 63.0 Å². The summed E-state index contributed by atoms with van der Waals surface area (Å²) in [7, 11) is 0. The Labute approximate surface area is 256 Å². The van der Waals surface area contributed by atoms with Gasteiger partial charge in [0.15, 0.2) is 5.11 Å². The van der Waals surface area contributed by atoms with Gasteiger partial charge in [0.25, 0.3) is 17.7 Å². The molecule has 0 bridgehead atoms. The van der Waals surface area contributed by atoms with Crippen molar-refractivity contribution in [3.05, 3.63) is 131 Å². The van der Waals surface area contributed by atoms with Crippen LogP contribution in [-0.2, 0) is 11.8 Å². The zero-order chi connectivity index (χ0) is 30.8. The van der Waals surface area contributed by atoms with Crippen molar-refractivity contribution in [2.45, 2.75) is 32.6 Å². The lowest BCUT2D eigenvalue weighted by atomic mass is 9.87. The molecule has 3 amide bonds. The number of hydrazine groups is 1. The fourth-order valence-corrected chi connectivity index (χ4v) is 4.22. The Morgan fingerprint density at radius 2 is 1.35 bits per heavy atom. The Balaban J connectivity index is 1.22. The van der Waals surface area contributed by atoms with E-state index in [4.69, 9.17) is 17.0 Å². The number of hydrogen-bond donors (Lipinski definition) is 4. The standard InChI is InChI=1S/C34H34N4O4S/c1-34(2,3)27-16-12-24(13-17-27)30(39)35-28-18-14-25(15-19-28)32(41)37-38-33(43)36-31(40)26-10-7-11-29(22-26)42-21-20-23-8-5-4-6-9-23/h4-19,22H,20-21H2,1-3H3,(H,35,39)(H,37,41)(H2,36,38,40,43). The predicted molar refractivity (Wildman–Crippen MR) is 172 cm³/mol. The highest BCUT2D eigenvalue weighted by Crippen LogP contribution is 2.22. The molecule has 0 aromatic heterocycles. The van der Waals surface area contributed by atoms with E-state index < -0.39 is 11.8 Å². The molecule has 0 heterocycles. The predicted octanol–water partition coefficient (Wildman–Crippen LogP) is 5.81. The molecule has 0 unspecified atom stereocenters. The number of ether oxygens (including phenoxy) is 1. The first-order valence-electron chi connectivity index (χ1n) is 13.8. The van der Waals surface area contributed by atoms with Crippen molar-refractivity contribution in [1.82, 2.24) is 16.2 Å². The molecule has 0 aliphatic rings. The first-order valence-corrected chi connectivity index (χ1v) is 14.2. The van der Waals surface area contributed by atoms with Gasteiger partial charge in [-0.15, -0.1) is 0 Å². The van der Waals surface area contributed by atoms with Crippen LogP contribution in [0.2, 0.25) is 0 Å². The quantitative estimate of drug-likeness (QED) is 0.152. The highest BCUT2D eigenvalue weighted by atomic mass is 32.1. The average molecular weight is 595 g/mol. The minimum Gasteiger partial charge on any atom is -0.493 e. The Kier molecular flexibility index (Phi) is 10.2. The van der Waals surface area contributed by atoms with Gasteiger partial charge in [0.2, 0.25) is 0 Å². The van der Waals surface area contributed by atoms with Gasteiger partial charge in [0.1, 0.15) is 5.75 Å². The molecule has 0 saturated carbocycles. The SMILES string of the molecule is CC(C)(C)c1ccc(C(=O)Nc2ccc(C(=O)NNC(=S)NC(=O)c3cccc(OCCc4ccccc4)c3)cc2)cc1. The maximum atomic E-state index is 12.7. The maximum absolute atomic E-state index is 12.7. The van der Waals surface area contributed by atoms with Gasteiger partial charge in [-0.2, -0.15) is 0 Å². The molecule has 0 radical (unpaired) electrons. The number of benzene rings is 4. The van der Waals surface area contributed by atoms with Gasteiger partial charge in [-0.05, 0) is 83.4 Å². The number of rotatable bonds is 8. The molecule has 0 fully saturated rings. The summed E-state index contributed by atoms with van der Waals surface area (Å²) in [5.74, 6) is -0.604. The number of carbonyl (C=O) groups excluding carboxylic acids is 3. The van der Waals surface area contributed by atoms with E-state index in [1.165, 1.54) is 0 Å². The third kappa shape index (κ3) is 9.24. The monoisotopic (exact) mass is 594 g/mol. The second-order valence-corrected chi connectivity index (χ2v) is 11.2. The van der Waals surface area contributed by atoms with E-state index in [1.54, 1.807) is 60.7 Å². The Morgan fingerprint density at radius 1 is 0.698 bits per heavy atom. The molecule has 43 heavy (non-hydrogen) atoms. The van der Waals surface area contributed by atoms with E-state index in [0.29, 0.717) is 34.7 Å². The molecule has 0 atom stereocenters. The van der Waals surface area contributed by atoms with Gasteiger partial charge in [-0.25, -0.2) is 0 Å². The summed E-state index contributed by atoms with van der Waals surface area (Å²) in [6, 6.07) is 30.6. The third-order valence-electron chi connectivity index (χ3n) is 6.53. The average Bonchev–Trinajstić information content (AvgIpc) is 3.00. The minimum absolute atomic E-state index is 0.000229. The Morgan fingerprint density at radius 3 is 2.02 bits per heavy atom. The van der Waals surface area contributed by atoms with Crippen molar-refractivity contribution >= 4 is 40.7 Å². The first kappa shape index (κ1) is 30.9. The van der Waals surface area contributed by atoms with Crippen LogP contribution in [0.25, 0.3) is 0 Å². The topological polar surface area (TPSA) is 109 Å². The molecular weight excluding hydrogens is 560 g/mol. The molecule has 4 rings (SSSR count). The molecule has 8 nitrogen and oxygen atoms in total. The van der Waals surface area contributed by atoms with E-state index in [-0.39, 0.29) is 16.4 Å². The molecule has 4 N–H and O–H groups in total. The normalized spacial score (nSPS) is 10.8. The molecule has 0 aliphatic carbocycles. The van der Waals surface area contributed by atoms with E-state index >= 15 is 0 Å². The second kappa shape index (κ2) is 14.2. The fourth-order valence-electron chi connectivity index (χ4n) is 4.08. The second-order valence-electron chi connectivity index (χ2n) is 10.8. The summed E-state index contributed by atoms with van der Waals surface area (Å²) in [4.78, 5) is 37.9. The highest BCUT2D eigenvalue weighted by Gasteiger charge is 2.15. The Bertz CT molecular complexity index is 1580. The van der Waals surface area contributed by atoms with Crippen molar-refractivity contribution in [2.75, 3.05) is 11.9 Å².